The van der Waals surface area contributed by atoms with E-state index in [2.05, 4.69) is 28.7 Å². The molecule has 0 aliphatic rings. The first-order valence-corrected chi connectivity index (χ1v) is 6.32. The lowest BCUT2D eigenvalue weighted by atomic mass is 9.91. The number of hydrogen-bond acceptors (Lipinski definition) is 2. The fourth-order valence-electron chi connectivity index (χ4n) is 1.54. The van der Waals surface area contributed by atoms with Crippen LogP contribution in [0.1, 0.15) is 30.6 Å². The van der Waals surface area contributed by atoms with Crippen molar-refractivity contribution in [2.75, 3.05) is 0 Å². The lowest BCUT2D eigenvalue weighted by Gasteiger charge is -2.11. The molecule has 0 N–H and O–H groups in total. The predicted octanol–water partition coefficient (Wildman–Crippen LogP) is 3.66. The Kier molecular flexibility index (Phi) is 4.94. The Balaban J connectivity index is 2.93. The molecule has 0 bridgehead atoms. The molecular weight excluding hydrogens is 313 g/mol. The maximum absolute atomic E-state index is 12.1. The van der Waals surface area contributed by atoms with Gasteiger partial charge in [0.1, 0.15) is 5.92 Å². The summed E-state index contributed by atoms with van der Waals surface area (Å²) in [5.41, 5.74) is 0.662. The van der Waals surface area contributed by atoms with Gasteiger partial charge in [-0.3, -0.25) is 4.79 Å². The minimum Gasteiger partial charge on any atom is -0.293 e. The van der Waals surface area contributed by atoms with Gasteiger partial charge in [0.25, 0.3) is 0 Å². The SMILES string of the molecule is CC(C)CC(C#N)C(=O)c1ccccc1I. The number of nitrogens with zero attached hydrogens (tertiary/aromatic N) is 1. The highest BCUT2D eigenvalue weighted by Gasteiger charge is 2.22. The molecule has 0 saturated carbocycles. The molecule has 0 aliphatic heterocycles. The monoisotopic (exact) mass is 327 g/mol. The van der Waals surface area contributed by atoms with Crippen LogP contribution < -0.4 is 0 Å². The summed E-state index contributed by atoms with van der Waals surface area (Å²) in [5.74, 6) is -0.216. The second kappa shape index (κ2) is 6.00. The van der Waals surface area contributed by atoms with Crippen molar-refractivity contribution in [3.8, 4) is 6.07 Å². The van der Waals surface area contributed by atoms with Crippen LogP contribution in [-0.2, 0) is 0 Å². The highest BCUT2D eigenvalue weighted by Crippen LogP contribution is 2.20. The molecule has 16 heavy (non-hydrogen) atoms. The number of Topliss-reactive ketones (excluding diaryl/α,β-unsaturated/α-hetero) is 1. The average molecular weight is 327 g/mol. The van der Waals surface area contributed by atoms with Gasteiger partial charge in [-0.1, -0.05) is 32.0 Å². The van der Waals surface area contributed by atoms with Crippen molar-refractivity contribution >= 4 is 28.4 Å². The van der Waals surface area contributed by atoms with E-state index in [9.17, 15) is 4.79 Å². The number of carbonyl (C=O) groups is 1. The molecule has 1 unspecified atom stereocenters. The van der Waals surface area contributed by atoms with Gasteiger partial charge in [-0.25, -0.2) is 0 Å². The van der Waals surface area contributed by atoms with Crippen LogP contribution in [0.4, 0.5) is 0 Å². The fourth-order valence-corrected chi connectivity index (χ4v) is 2.19. The number of nitriles is 1. The summed E-state index contributed by atoms with van der Waals surface area (Å²) < 4.78 is 0.911. The van der Waals surface area contributed by atoms with Crippen LogP contribution in [0.5, 0.6) is 0 Å². The number of rotatable bonds is 4. The normalized spacial score (nSPS) is 12.2. The molecule has 1 aromatic rings. The van der Waals surface area contributed by atoms with Crippen LogP contribution in [0, 0.1) is 26.7 Å². The molecule has 0 aromatic heterocycles. The summed E-state index contributed by atoms with van der Waals surface area (Å²) in [6.07, 6.45) is 0.625. The molecule has 0 spiro atoms. The quantitative estimate of drug-likeness (QED) is 0.625. The minimum absolute atomic E-state index is 0.0544. The van der Waals surface area contributed by atoms with Crippen molar-refractivity contribution in [2.45, 2.75) is 20.3 Å². The Morgan fingerprint density at radius 3 is 2.56 bits per heavy atom. The van der Waals surface area contributed by atoms with Gasteiger partial charge in [0, 0.05) is 9.13 Å². The topological polar surface area (TPSA) is 40.9 Å². The first-order chi connectivity index (χ1) is 7.56. The van der Waals surface area contributed by atoms with Crippen LogP contribution in [0.25, 0.3) is 0 Å². The molecule has 1 aromatic carbocycles. The van der Waals surface area contributed by atoms with Gasteiger partial charge in [-0.05, 0) is 41.0 Å². The number of ketones is 1. The molecule has 0 radical (unpaired) electrons. The Morgan fingerprint density at radius 1 is 1.44 bits per heavy atom. The third-order valence-electron chi connectivity index (χ3n) is 2.32. The van der Waals surface area contributed by atoms with Gasteiger partial charge < -0.3 is 0 Å². The first-order valence-electron chi connectivity index (χ1n) is 5.24. The van der Waals surface area contributed by atoms with Crippen LogP contribution in [0.3, 0.4) is 0 Å². The van der Waals surface area contributed by atoms with E-state index in [1.165, 1.54) is 0 Å². The fraction of sp³-hybridized carbons (Fsp3) is 0.385. The minimum atomic E-state index is -0.518. The average Bonchev–Trinajstić information content (AvgIpc) is 2.25. The predicted molar refractivity (Wildman–Crippen MR) is 72.0 cm³/mol. The highest BCUT2D eigenvalue weighted by atomic mass is 127. The van der Waals surface area contributed by atoms with Crippen molar-refractivity contribution in [2.24, 2.45) is 11.8 Å². The Hall–Kier alpha value is -0.890. The Bertz CT molecular complexity index is 420. The number of carbonyl (C=O) groups excluding carboxylic acids is 1. The van der Waals surface area contributed by atoms with Crippen LogP contribution in [0.2, 0.25) is 0 Å². The summed E-state index contributed by atoms with van der Waals surface area (Å²) in [4.78, 5) is 12.1. The zero-order valence-electron chi connectivity index (χ0n) is 9.40. The van der Waals surface area contributed by atoms with E-state index in [0.717, 1.165) is 3.57 Å². The maximum Gasteiger partial charge on any atom is 0.181 e. The molecular formula is C13H14INO. The standard InChI is InChI=1S/C13H14INO/c1-9(2)7-10(8-15)13(16)11-5-3-4-6-12(11)14/h3-6,9-10H,7H2,1-2H3. The van der Waals surface area contributed by atoms with E-state index in [0.29, 0.717) is 17.9 Å². The lowest BCUT2D eigenvalue weighted by Crippen LogP contribution is -2.16. The molecule has 0 amide bonds. The molecule has 1 atom stereocenters. The summed E-state index contributed by atoms with van der Waals surface area (Å²) >= 11 is 2.13. The van der Waals surface area contributed by atoms with E-state index in [1.54, 1.807) is 6.07 Å². The summed E-state index contributed by atoms with van der Waals surface area (Å²) in [7, 11) is 0. The van der Waals surface area contributed by atoms with Gasteiger partial charge >= 0.3 is 0 Å². The molecule has 0 saturated heterocycles. The Labute approximate surface area is 110 Å². The van der Waals surface area contributed by atoms with Gasteiger partial charge in [0.15, 0.2) is 5.78 Å². The van der Waals surface area contributed by atoms with E-state index in [4.69, 9.17) is 5.26 Å². The zero-order valence-corrected chi connectivity index (χ0v) is 11.6. The van der Waals surface area contributed by atoms with Crippen LogP contribution >= 0.6 is 22.6 Å². The number of hydrogen-bond donors (Lipinski definition) is 0. The van der Waals surface area contributed by atoms with Crippen molar-refractivity contribution < 1.29 is 4.79 Å². The maximum atomic E-state index is 12.1. The van der Waals surface area contributed by atoms with Crippen LogP contribution in [-0.4, -0.2) is 5.78 Å². The molecule has 0 heterocycles. The molecule has 0 fully saturated rings. The Morgan fingerprint density at radius 2 is 2.06 bits per heavy atom. The third kappa shape index (κ3) is 3.31. The lowest BCUT2D eigenvalue weighted by molar-refractivity contribution is 0.0936. The smallest absolute Gasteiger partial charge is 0.181 e. The van der Waals surface area contributed by atoms with Crippen molar-refractivity contribution in [1.29, 1.82) is 5.26 Å². The first kappa shape index (κ1) is 13.2. The van der Waals surface area contributed by atoms with Crippen molar-refractivity contribution in [3.05, 3.63) is 33.4 Å². The van der Waals surface area contributed by atoms with Gasteiger partial charge in [-0.2, -0.15) is 5.26 Å². The van der Waals surface area contributed by atoms with E-state index in [1.807, 2.05) is 32.0 Å². The molecule has 2 nitrogen and oxygen atoms in total. The van der Waals surface area contributed by atoms with Gasteiger partial charge in [-0.15, -0.1) is 0 Å². The summed E-state index contributed by atoms with van der Waals surface area (Å²) in [6.45, 7) is 4.04. The van der Waals surface area contributed by atoms with E-state index < -0.39 is 5.92 Å². The third-order valence-corrected chi connectivity index (χ3v) is 3.26. The van der Waals surface area contributed by atoms with Crippen molar-refractivity contribution in [3.63, 3.8) is 0 Å². The molecule has 1 rings (SSSR count). The molecule has 3 heteroatoms. The zero-order chi connectivity index (χ0) is 12.1. The van der Waals surface area contributed by atoms with Crippen LogP contribution in [0.15, 0.2) is 24.3 Å². The number of benzene rings is 1. The van der Waals surface area contributed by atoms with Gasteiger partial charge in [0.2, 0.25) is 0 Å². The van der Waals surface area contributed by atoms with Gasteiger partial charge in [0.05, 0.1) is 6.07 Å². The molecule has 84 valence electrons. The summed E-state index contributed by atoms with van der Waals surface area (Å²) in [5, 5.41) is 9.02. The second-order valence-electron chi connectivity index (χ2n) is 4.16. The largest absolute Gasteiger partial charge is 0.293 e. The molecule has 0 aliphatic carbocycles. The number of halogens is 1. The highest BCUT2D eigenvalue weighted by molar-refractivity contribution is 14.1. The van der Waals surface area contributed by atoms with Crippen molar-refractivity contribution in [1.82, 2.24) is 0 Å². The second-order valence-corrected chi connectivity index (χ2v) is 5.32. The van der Waals surface area contributed by atoms with E-state index >= 15 is 0 Å². The summed E-state index contributed by atoms with van der Waals surface area (Å²) in [6, 6.07) is 9.50. The van der Waals surface area contributed by atoms with E-state index in [-0.39, 0.29) is 5.78 Å².